The number of fused-ring (bicyclic) bond motifs is 1. The van der Waals surface area contributed by atoms with Crippen LogP contribution in [0.25, 0.3) is 10.2 Å². The van der Waals surface area contributed by atoms with Crippen molar-refractivity contribution in [1.29, 1.82) is 0 Å². The summed E-state index contributed by atoms with van der Waals surface area (Å²) in [6, 6.07) is 13.1. The molecule has 0 unspecified atom stereocenters. The fraction of sp³-hybridized carbons (Fsp3) is 0.263. The molecular formula is C19H19BrN2O2S. The van der Waals surface area contributed by atoms with Crippen LogP contribution in [0.4, 0.5) is 5.13 Å². The highest BCUT2D eigenvalue weighted by atomic mass is 79.9. The Balaban J connectivity index is 1.68. The van der Waals surface area contributed by atoms with Crippen molar-refractivity contribution in [2.75, 3.05) is 11.9 Å². The molecule has 3 aromatic rings. The van der Waals surface area contributed by atoms with Crippen molar-refractivity contribution >= 4 is 48.5 Å². The number of ether oxygens (including phenoxy) is 1. The molecule has 6 heteroatoms. The van der Waals surface area contributed by atoms with Gasteiger partial charge in [0.2, 0.25) is 0 Å². The largest absolute Gasteiger partial charge is 0.494 e. The Labute approximate surface area is 159 Å². The average molecular weight is 419 g/mol. The van der Waals surface area contributed by atoms with Gasteiger partial charge in [-0.05, 0) is 52.7 Å². The van der Waals surface area contributed by atoms with Crippen LogP contribution < -0.4 is 10.1 Å². The first-order chi connectivity index (χ1) is 12.2. The normalized spacial score (nSPS) is 10.8. The first-order valence-electron chi connectivity index (χ1n) is 8.26. The van der Waals surface area contributed by atoms with E-state index < -0.39 is 0 Å². The van der Waals surface area contributed by atoms with Gasteiger partial charge >= 0.3 is 0 Å². The number of aromatic nitrogens is 1. The van der Waals surface area contributed by atoms with E-state index in [0.29, 0.717) is 17.3 Å². The Bertz CT molecular complexity index is 879. The van der Waals surface area contributed by atoms with Crippen molar-refractivity contribution in [3.63, 3.8) is 0 Å². The van der Waals surface area contributed by atoms with E-state index in [1.54, 1.807) is 12.1 Å². The van der Waals surface area contributed by atoms with E-state index in [9.17, 15) is 4.79 Å². The third-order valence-electron chi connectivity index (χ3n) is 3.70. The fourth-order valence-corrected chi connectivity index (χ4v) is 3.88. The Hall–Kier alpha value is -1.92. The van der Waals surface area contributed by atoms with E-state index in [1.165, 1.54) is 11.3 Å². The number of benzene rings is 2. The lowest BCUT2D eigenvalue weighted by Gasteiger charge is -2.07. The van der Waals surface area contributed by atoms with E-state index in [4.69, 9.17) is 4.74 Å². The van der Waals surface area contributed by atoms with E-state index in [1.807, 2.05) is 30.3 Å². The Morgan fingerprint density at radius 3 is 2.88 bits per heavy atom. The van der Waals surface area contributed by atoms with Crippen LogP contribution in [0.3, 0.4) is 0 Å². The lowest BCUT2D eigenvalue weighted by atomic mass is 10.2. The molecule has 0 atom stereocenters. The lowest BCUT2D eigenvalue weighted by molar-refractivity contribution is 0.102. The molecule has 1 amide bonds. The highest BCUT2D eigenvalue weighted by Crippen LogP contribution is 2.31. The molecule has 1 N–H and O–H groups in total. The summed E-state index contributed by atoms with van der Waals surface area (Å²) in [7, 11) is 0. The Morgan fingerprint density at radius 1 is 1.24 bits per heavy atom. The monoisotopic (exact) mass is 418 g/mol. The van der Waals surface area contributed by atoms with Gasteiger partial charge in [0.05, 0.1) is 16.8 Å². The smallest absolute Gasteiger partial charge is 0.257 e. The van der Waals surface area contributed by atoms with Gasteiger partial charge in [-0.3, -0.25) is 10.1 Å². The van der Waals surface area contributed by atoms with Gasteiger partial charge < -0.3 is 4.74 Å². The van der Waals surface area contributed by atoms with Crippen LogP contribution in [0.15, 0.2) is 46.9 Å². The summed E-state index contributed by atoms with van der Waals surface area (Å²) >= 11 is 4.93. The molecule has 0 bridgehead atoms. The molecule has 0 radical (unpaired) electrons. The number of amides is 1. The van der Waals surface area contributed by atoms with Gasteiger partial charge in [-0.2, -0.15) is 0 Å². The number of para-hydroxylation sites is 1. The zero-order chi connectivity index (χ0) is 17.6. The molecule has 0 fully saturated rings. The van der Waals surface area contributed by atoms with Gasteiger partial charge in [-0.15, -0.1) is 0 Å². The average Bonchev–Trinajstić information content (AvgIpc) is 3.03. The third kappa shape index (κ3) is 4.58. The molecule has 0 saturated carbocycles. The fourth-order valence-electron chi connectivity index (χ4n) is 2.41. The van der Waals surface area contributed by atoms with Crippen molar-refractivity contribution < 1.29 is 9.53 Å². The van der Waals surface area contributed by atoms with Crippen LogP contribution in [-0.2, 0) is 0 Å². The third-order valence-corrected chi connectivity index (χ3v) is 5.28. The predicted molar refractivity (Wildman–Crippen MR) is 107 cm³/mol. The van der Waals surface area contributed by atoms with Crippen LogP contribution >= 0.6 is 27.3 Å². The topological polar surface area (TPSA) is 51.2 Å². The minimum atomic E-state index is -0.186. The van der Waals surface area contributed by atoms with Gasteiger partial charge in [-0.25, -0.2) is 4.98 Å². The number of carbonyl (C=O) groups excluding carboxylic acids is 1. The van der Waals surface area contributed by atoms with Crippen molar-refractivity contribution in [3.8, 4) is 5.75 Å². The number of thiazole rings is 1. The van der Waals surface area contributed by atoms with Gasteiger partial charge in [-0.1, -0.05) is 43.2 Å². The van der Waals surface area contributed by atoms with Crippen LogP contribution in [-0.4, -0.2) is 17.5 Å². The molecule has 1 heterocycles. The van der Waals surface area contributed by atoms with Gasteiger partial charge in [0.25, 0.3) is 5.91 Å². The number of halogens is 1. The number of anilines is 1. The SMILES string of the molecule is CCCCCOc1cccc(C(=O)Nc2nc3c(Br)cccc3s2)c1. The van der Waals surface area contributed by atoms with Gasteiger partial charge in [0.15, 0.2) is 5.13 Å². The Morgan fingerprint density at radius 2 is 2.08 bits per heavy atom. The van der Waals surface area contributed by atoms with Crippen LogP contribution in [0.1, 0.15) is 36.5 Å². The van der Waals surface area contributed by atoms with E-state index in [2.05, 4.69) is 33.2 Å². The number of nitrogens with one attached hydrogen (secondary N) is 1. The first kappa shape index (κ1) is 17.9. The summed E-state index contributed by atoms with van der Waals surface area (Å²) < 4.78 is 7.66. The molecule has 0 aliphatic heterocycles. The zero-order valence-corrected chi connectivity index (χ0v) is 16.3. The summed E-state index contributed by atoms with van der Waals surface area (Å²) in [4.78, 5) is 17.0. The van der Waals surface area contributed by atoms with Crippen LogP contribution in [0.5, 0.6) is 5.75 Å². The van der Waals surface area contributed by atoms with Crippen molar-refractivity contribution in [3.05, 3.63) is 52.5 Å². The molecule has 2 aromatic carbocycles. The van der Waals surface area contributed by atoms with E-state index >= 15 is 0 Å². The second kappa shape index (κ2) is 8.45. The number of nitrogens with zero attached hydrogens (tertiary/aromatic N) is 1. The van der Waals surface area contributed by atoms with Crippen LogP contribution in [0, 0.1) is 0 Å². The van der Waals surface area contributed by atoms with Gasteiger partial charge in [0.1, 0.15) is 5.75 Å². The number of hydrogen-bond donors (Lipinski definition) is 1. The first-order valence-corrected chi connectivity index (χ1v) is 9.87. The highest BCUT2D eigenvalue weighted by molar-refractivity contribution is 9.10. The molecule has 130 valence electrons. The van der Waals surface area contributed by atoms with Crippen molar-refractivity contribution in [2.24, 2.45) is 0 Å². The number of unbranched alkanes of at least 4 members (excludes halogenated alkanes) is 2. The molecule has 0 aliphatic rings. The minimum Gasteiger partial charge on any atom is -0.494 e. The summed E-state index contributed by atoms with van der Waals surface area (Å²) in [6.45, 7) is 2.83. The highest BCUT2D eigenvalue weighted by Gasteiger charge is 2.12. The molecular weight excluding hydrogens is 400 g/mol. The second-order valence-corrected chi connectivity index (χ2v) is 7.53. The predicted octanol–water partition coefficient (Wildman–Crippen LogP) is 5.88. The standard InChI is InChI=1S/C19H19BrN2O2S/c1-2-3-4-11-24-14-8-5-7-13(12-14)18(23)22-19-21-17-15(20)9-6-10-16(17)25-19/h5-10,12H,2-4,11H2,1H3,(H,21,22,23). The summed E-state index contributed by atoms with van der Waals surface area (Å²) in [6.07, 6.45) is 3.32. The molecule has 0 spiro atoms. The zero-order valence-electron chi connectivity index (χ0n) is 13.9. The molecule has 25 heavy (non-hydrogen) atoms. The number of carbonyl (C=O) groups is 1. The van der Waals surface area contributed by atoms with Crippen LogP contribution in [0.2, 0.25) is 0 Å². The Kier molecular flexibility index (Phi) is 6.04. The summed E-state index contributed by atoms with van der Waals surface area (Å²) in [5, 5.41) is 3.45. The number of rotatable bonds is 7. The minimum absolute atomic E-state index is 0.186. The second-order valence-electron chi connectivity index (χ2n) is 5.64. The summed E-state index contributed by atoms with van der Waals surface area (Å²) in [5.41, 5.74) is 1.42. The van der Waals surface area contributed by atoms with Crippen molar-refractivity contribution in [2.45, 2.75) is 26.2 Å². The maximum atomic E-state index is 12.5. The quantitative estimate of drug-likeness (QED) is 0.487. The van der Waals surface area contributed by atoms with Gasteiger partial charge in [0, 0.05) is 10.0 Å². The van der Waals surface area contributed by atoms with Crippen molar-refractivity contribution in [1.82, 2.24) is 4.98 Å². The van der Waals surface area contributed by atoms with E-state index in [-0.39, 0.29) is 5.91 Å². The van der Waals surface area contributed by atoms with E-state index in [0.717, 1.165) is 39.7 Å². The summed E-state index contributed by atoms with van der Waals surface area (Å²) in [5.74, 6) is 0.532. The maximum absolute atomic E-state index is 12.5. The molecule has 1 aromatic heterocycles. The molecule has 0 saturated heterocycles. The molecule has 3 rings (SSSR count). The maximum Gasteiger partial charge on any atom is 0.257 e. The molecule has 4 nitrogen and oxygen atoms in total. The lowest BCUT2D eigenvalue weighted by Crippen LogP contribution is -2.11. The number of hydrogen-bond acceptors (Lipinski definition) is 4. The molecule has 0 aliphatic carbocycles.